The molecule has 2 heterocycles. The predicted molar refractivity (Wildman–Crippen MR) is 83.7 cm³/mol. The molecule has 1 aromatic heterocycles. The lowest BCUT2D eigenvalue weighted by atomic mass is 10.2. The van der Waals surface area contributed by atoms with Gasteiger partial charge < -0.3 is 4.90 Å². The molecule has 1 fully saturated rings. The lowest BCUT2D eigenvalue weighted by molar-refractivity contribution is -0.133. The Morgan fingerprint density at radius 2 is 2.00 bits per heavy atom. The van der Waals surface area contributed by atoms with Gasteiger partial charge in [0.2, 0.25) is 5.91 Å². The minimum atomic E-state index is 0.309. The quantitative estimate of drug-likeness (QED) is 0.589. The van der Waals surface area contributed by atoms with Gasteiger partial charge in [-0.05, 0) is 25.0 Å². The van der Waals surface area contributed by atoms with E-state index >= 15 is 0 Å². The maximum absolute atomic E-state index is 12.0. The lowest BCUT2D eigenvalue weighted by Crippen LogP contribution is -2.48. The van der Waals surface area contributed by atoms with Gasteiger partial charge in [-0.2, -0.15) is 0 Å². The van der Waals surface area contributed by atoms with Crippen molar-refractivity contribution in [3.8, 4) is 0 Å². The summed E-state index contributed by atoms with van der Waals surface area (Å²) in [5, 5.41) is 0.984. The van der Waals surface area contributed by atoms with Crippen molar-refractivity contribution in [2.45, 2.75) is 25.8 Å². The number of amides is 1. The van der Waals surface area contributed by atoms with Gasteiger partial charge in [-0.1, -0.05) is 22.0 Å². The molecule has 0 spiro atoms. The molecular weight excluding hydrogens is 318 g/mol. The van der Waals surface area contributed by atoms with E-state index in [2.05, 4.69) is 31.9 Å². The Morgan fingerprint density at radius 3 is 2.65 bits per heavy atom. The Hall–Kier alpha value is -0.940. The fourth-order valence-corrected chi connectivity index (χ4v) is 2.80. The van der Waals surface area contributed by atoms with Crippen LogP contribution in [0.4, 0.5) is 0 Å². The van der Waals surface area contributed by atoms with Crippen molar-refractivity contribution < 1.29 is 4.79 Å². The van der Waals surface area contributed by atoms with E-state index in [-0.39, 0.29) is 0 Å². The van der Waals surface area contributed by atoms with E-state index in [1.165, 1.54) is 0 Å². The van der Waals surface area contributed by atoms with Gasteiger partial charge in [0, 0.05) is 50.7 Å². The van der Waals surface area contributed by atoms with Crippen LogP contribution in [0.1, 0.15) is 25.0 Å². The second-order valence-corrected chi connectivity index (χ2v) is 5.92. The first kappa shape index (κ1) is 15.4. The number of alkyl halides is 1. The SMILES string of the molecule is O=C(CCCCBr)N1CCN(Cc2ccccn2)CC1. The molecule has 0 N–H and O–H groups in total. The number of rotatable bonds is 6. The van der Waals surface area contributed by atoms with E-state index in [1.54, 1.807) is 0 Å². The Kier molecular flexibility index (Phi) is 6.47. The number of pyridine rings is 1. The van der Waals surface area contributed by atoms with Crippen LogP contribution in [0.3, 0.4) is 0 Å². The number of carbonyl (C=O) groups is 1. The molecule has 4 nitrogen and oxygen atoms in total. The maximum atomic E-state index is 12.0. The highest BCUT2D eigenvalue weighted by atomic mass is 79.9. The monoisotopic (exact) mass is 339 g/mol. The van der Waals surface area contributed by atoms with Crippen LogP contribution in [0.25, 0.3) is 0 Å². The molecule has 0 bridgehead atoms. The van der Waals surface area contributed by atoms with Gasteiger partial charge >= 0.3 is 0 Å². The van der Waals surface area contributed by atoms with Crippen LogP contribution in [0.15, 0.2) is 24.4 Å². The topological polar surface area (TPSA) is 36.4 Å². The predicted octanol–water partition coefficient (Wildman–Crippen LogP) is 2.29. The van der Waals surface area contributed by atoms with Gasteiger partial charge in [-0.3, -0.25) is 14.7 Å². The third-order valence-corrected chi connectivity index (χ3v) is 4.17. The Morgan fingerprint density at radius 1 is 1.20 bits per heavy atom. The number of hydrogen-bond donors (Lipinski definition) is 0. The largest absolute Gasteiger partial charge is 0.340 e. The zero-order valence-corrected chi connectivity index (χ0v) is 13.4. The summed E-state index contributed by atoms with van der Waals surface area (Å²) in [7, 11) is 0. The molecule has 1 saturated heterocycles. The number of halogens is 1. The van der Waals surface area contributed by atoms with Gasteiger partial charge in [0.25, 0.3) is 0 Å². The molecule has 0 radical (unpaired) electrons. The standard InChI is InChI=1S/C15H22BrN3O/c16-7-3-1-6-15(20)19-11-9-18(10-12-19)13-14-5-2-4-8-17-14/h2,4-5,8H,1,3,6-7,9-13H2. The smallest absolute Gasteiger partial charge is 0.222 e. The fraction of sp³-hybridized carbons (Fsp3) is 0.600. The summed E-state index contributed by atoms with van der Waals surface area (Å²) in [6.45, 7) is 4.47. The molecule has 0 saturated carbocycles. The van der Waals surface area contributed by atoms with E-state index in [1.807, 2.05) is 23.2 Å². The van der Waals surface area contributed by atoms with Gasteiger partial charge in [-0.15, -0.1) is 0 Å². The number of aromatic nitrogens is 1. The molecule has 20 heavy (non-hydrogen) atoms. The van der Waals surface area contributed by atoms with Crippen molar-refractivity contribution in [3.63, 3.8) is 0 Å². The van der Waals surface area contributed by atoms with E-state index in [0.29, 0.717) is 12.3 Å². The molecule has 0 aliphatic carbocycles. The molecule has 1 amide bonds. The van der Waals surface area contributed by atoms with Crippen molar-refractivity contribution in [3.05, 3.63) is 30.1 Å². The summed E-state index contributed by atoms with van der Waals surface area (Å²) in [6, 6.07) is 6.01. The van der Waals surface area contributed by atoms with Gasteiger partial charge in [0.15, 0.2) is 0 Å². The highest BCUT2D eigenvalue weighted by Gasteiger charge is 2.20. The highest BCUT2D eigenvalue weighted by Crippen LogP contribution is 2.09. The van der Waals surface area contributed by atoms with Crippen LogP contribution >= 0.6 is 15.9 Å². The van der Waals surface area contributed by atoms with E-state index in [0.717, 1.165) is 56.6 Å². The van der Waals surface area contributed by atoms with Crippen molar-refractivity contribution in [1.82, 2.24) is 14.8 Å². The molecule has 1 aromatic rings. The minimum Gasteiger partial charge on any atom is -0.340 e. The summed E-state index contributed by atoms with van der Waals surface area (Å²) in [4.78, 5) is 20.7. The van der Waals surface area contributed by atoms with Crippen LogP contribution in [-0.4, -0.2) is 52.2 Å². The molecular formula is C15H22BrN3O. The molecule has 5 heteroatoms. The molecule has 0 atom stereocenters. The second-order valence-electron chi connectivity index (χ2n) is 5.12. The maximum Gasteiger partial charge on any atom is 0.222 e. The molecule has 110 valence electrons. The van der Waals surface area contributed by atoms with E-state index < -0.39 is 0 Å². The average Bonchev–Trinajstić information content (AvgIpc) is 2.49. The van der Waals surface area contributed by atoms with Crippen molar-refractivity contribution >= 4 is 21.8 Å². The van der Waals surface area contributed by atoms with Crippen LogP contribution in [0, 0.1) is 0 Å². The van der Waals surface area contributed by atoms with Crippen molar-refractivity contribution in [2.75, 3.05) is 31.5 Å². The van der Waals surface area contributed by atoms with E-state index in [4.69, 9.17) is 0 Å². The molecule has 1 aliphatic rings. The van der Waals surface area contributed by atoms with Crippen LogP contribution in [0.5, 0.6) is 0 Å². The Labute approximate surface area is 129 Å². The van der Waals surface area contributed by atoms with Crippen molar-refractivity contribution in [2.24, 2.45) is 0 Å². The van der Waals surface area contributed by atoms with E-state index in [9.17, 15) is 4.79 Å². The summed E-state index contributed by atoms with van der Waals surface area (Å²) in [5.74, 6) is 0.309. The molecule has 0 aromatic carbocycles. The molecule has 2 rings (SSSR count). The Balaban J connectivity index is 1.71. The Bertz CT molecular complexity index is 405. The number of carbonyl (C=O) groups excluding carboxylic acids is 1. The summed E-state index contributed by atoms with van der Waals surface area (Å²) < 4.78 is 0. The third-order valence-electron chi connectivity index (χ3n) is 3.61. The first-order chi connectivity index (χ1) is 9.79. The van der Waals surface area contributed by atoms with Crippen LogP contribution < -0.4 is 0 Å². The number of hydrogen-bond acceptors (Lipinski definition) is 3. The normalized spacial score (nSPS) is 16.4. The first-order valence-electron chi connectivity index (χ1n) is 7.25. The van der Waals surface area contributed by atoms with Crippen LogP contribution in [0.2, 0.25) is 0 Å². The summed E-state index contributed by atoms with van der Waals surface area (Å²) >= 11 is 3.40. The number of unbranched alkanes of at least 4 members (excludes halogenated alkanes) is 1. The summed E-state index contributed by atoms with van der Waals surface area (Å²) in [6.07, 6.45) is 4.58. The number of nitrogens with zero attached hydrogens (tertiary/aromatic N) is 3. The zero-order valence-electron chi connectivity index (χ0n) is 11.8. The molecule has 1 aliphatic heterocycles. The average molecular weight is 340 g/mol. The van der Waals surface area contributed by atoms with Gasteiger partial charge in [0.05, 0.1) is 5.69 Å². The third kappa shape index (κ3) is 4.87. The minimum absolute atomic E-state index is 0.309. The van der Waals surface area contributed by atoms with Gasteiger partial charge in [-0.25, -0.2) is 0 Å². The molecule has 0 unspecified atom stereocenters. The number of piperazine rings is 1. The zero-order chi connectivity index (χ0) is 14.2. The second kappa shape index (κ2) is 8.37. The first-order valence-corrected chi connectivity index (χ1v) is 8.38. The summed E-state index contributed by atoms with van der Waals surface area (Å²) in [5.41, 5.74) is 1.10. The lowest BCUT2D eigenvalue weighted by Gasteiger charge is -2.34. The fourth-order valence-electron chi connectivity index (χ4n) is 2.40. The highest BCUT2D eigenvalue weighted by molar-refractivity contribution is 9.09. The van der Waals surface area contributed by atoms with Crippen molar-refractivity contribution in [1.29, 1.82) is 0 Å². The van der Waals surface area contributed by atoms with Crippen LogP contribution in [-0.2, 0) is 11.3 Å². The van der Waals surface area contributed by atoms with Gasteiger partial charge in [0.1, 0.15) is 0 Å².